The number of carbonyl (C=O) groups is 2. The lowest BCUT2D eigenvalue weighted by Crippen LogP contribution is -2.44. The van der Waals surface area contributed by atoms with Gasteiger partial charge in [-0.2, -0.15) is 0 Å². The van der Waals surface area contributed by atoms with Crippen molar-refractivity contribution in [3.05, 3.63) is 61.7 Å². The van der Waals surface area contributed by atoms with Crippen LogP contribution in [0.1, 0.15) is 80.0 Å². The van der Waals surface area contributed by atoms with Crippen molar-refractivity contribution in [2.24, 2.45) is 0 Å². The third-order valence-electron chi connectivity index (χ3n) is 8.25. The molecule has 212 valence electrons. The number of aryl methyl sites for hydroxylation is 1. The number of halogens is 1. The molecule has 2 atom stereocenters. The van der Waals surface area contributed by atoms with Crippen LogP contribution >= 0.6 is 0 Å². The van der Waals surface area contributed by atoms with Crippen LogP contribution in [0.4, 0.5) is 4.39 Å². The van der Waals surface area contributed by atoms with Gasteiger partial charge in [0.2, 0.25) is 5.91 Å². The van der Waals surface area contributed by atoms with E-state index in [1.807, 2.05) is 20.8 Å². The zero-order valence-corrected chi connectivity index (χ0v) is 23.5. The largest absolute Gasteiger partial charge is 0.458 e. The Morgan fingerprint density at radius 3 is 2.67 bits per heavy atom. The van der Waals surface area contributed by atoms with Gasteiger partial charge in [-0.25, -0.2) is 14.2 Å². The van der Waals surface area contributed by atoms with Crippen molar-refractivity contribution in [3.8, 4) is 11.4 Å². The van der Waals surface area contributed by atoms with E-state index >= 15 is 0 Å². The normalized spacial score (nSPS) is 20.2. The fourth-order valence-electron chi connectivity index (χ4n) is 6.18. The van der Waals surface area contributed by atoms with E-state index in [-0.39, 0.29) is 60.6 Å². The molecule has 6 rings (SSSR count). The van der Waals surface area contributed by atoms with Crippen molar-refractivity contribution in [3.63, 3.8) is 0 Å². The lowest BCUT2D eigenvalue weighted by atomic mass is 9.81. The number of esters is 1. The van der Waals surface area contributed by atoms with Gasteiger partial charge in [0.25, 0.3) is 5.56 Å². The van der Waals surface area contributed by atoms with Gasteiger partial charge in [-0.15, -0.1) is 0 Å². The molecule has 2 aliphatic heterocycles. The van der Waals surface area contributed by atoms with E-state index in [2.05, 4.69) is 10.6 Å². The summed E-state index contributed by atoms with van der Waals surface area (Å²) in [6.07, 6.45) is 1.21. The molecule has 0 saturated heterocycles. The second kappa shape index (κ2) is 10.4. The lowest BCUT2D eigenvalue weighted by Gasteiger charge is -2.31. The quantitative estimate of drug-likeness (QED) is 0.326. The minimum Gasteiger partial charge on any atom is -0.458 e. The van der Waals surface area contributed by atoms with Crippen LogP contribution in [0.25, 0.3) is 22.3 Å². The Morgan fingerprint density at radius 2 is 1.98 bits per heavy atom. The molecule has 0 radical (unpaired) electrons. The summed E-state index contributed by atoms with van der Waals surface area (Å²) >= 11 is 0. The van der Waals surface area contributed by atoms with Crippen LogP contribution in [0.5, 0.6) is 0 Å². The van der Waals surface area contributed by atoms with Gasteiger partial charge in [-0.1, -0.05) is 27.7 Å². The highest BCUT2D eigenvalue weighted by Gasteiger charge is 2.46. The maximum absolute atomic E-state index is 15.0. The zero-order valence-electron chi connectivity index (χ0n) is 23.5. The van der Waals surface area contributed by atoms with E-state index in [1.54, 1.807) is 24.5 Å². The summed E-state index contributed by atoms with van der Waals surface area (Å²) in [5.74, 6) is -1.29. The predicted molar refractivity (Wildman–Crippen MR) is 148 cm³/mol. The molecule has 0 bridgehead atoms. The molecule has 10 heteroatoms. The molecule has 1 aromatic carbocycles. The second-order valence-corrected chi connectivity index (χ2v) is 10.3. The Hall–Kier alpha value is -3.63. The Labute approximate surface area is 231 Å². The number of nitrogens with one attached hydrogen (secondary N) is 2. The van der Waals surface area contributed by atoms with Gasteiger partial charge in [0.1, 0.15) is 12.4 Å². The van der Waals surface area contributed by atoms with Crippen LogP contribution in [0, 0.1) is 12.7 Å². The summed E-state index contributed by atoms with van der Waals surface area (Å²) in [4.78, 5) is 43.7. The minimum absolute atomic E-state index is 0.0404. The van der Waals surface area contributed by atoms with Crippen LogP contribution in [-0.4, -0.2) is 39.6 Å². The van der Waals surface area contributed by atoms with Gasteiger partial charge in [-0.3, -0.25) is 9.59 Å². The third kappa shape index (κ3) is 4.04. The second-order valence-electron chi connectivity index (χ2n) is 10.3. The number of ether oxygens (including phenoxy) is 1. The molecule has 4 heterocycles. The first-order valence-electron chi connectivity index (χ1n) is 14.0. The molecule has 9 nitrogen and oxygen atoms in total. The topological polar surface area (TPSA) is 123 Å². The highest BCUT2D eigenvalue weighted by Crippen LogP contribution is 2.45. The molecule has 2 aromatic heterocycles. The van der Waals surface area contributed by atoms with E-state index < -0.39 is 11.6 Å². The minimum atomic E-state index is -1.94. The fourth-order valence-corrected chi connectivity index (χ4v) is 6.18. The maximum atomic E-state index is 15.0. The van der Waals surface area contributed by atoms with Crippen LogP contribution in [0.2, 0.25) is 0 Å². The van der Waals surface area contributed by atoms with Crippen molar-refractivity contribution in [1.29, 1.82) is 0 Å². The summed E-state index contributed by atoms with van der Waals surface area (Å²) in [6, 6.07) is 2.71. The number of benzene rings is 1. The number of pyridine rings is 2. The van der Waals surface area contributed by atoms with Crippen LogP contribution in [0.15, 0.2) is 16.9 Å². The van der Waals surface area contributed by atoms with E-state index in [9.17, 15) is 23.9 Å². The van der Waals surface area contributed by atoms with Crippen molar-refractivity contribution in [1.82, 2.24) is 20.2 Å². The van der Waals surface area contributed by atoms with Crippen LogP contribution < -0.4 is 16.2 Å². The average Bonchev–Trinajstić information content (AvgIpc) is 3.33. The van der Waals surface area contributed by atoms with E-state index in [0.29, 0.717) is 41.9 Å². The van der Waals surface area contributed by atoms with Crippen molar-refractivity contribution in [2.45, 2.75) is 78.7 Å². The summed E-state index contributed by atoms with van der Waals surface area (Å²) in [5, 5.41) is 18.1. The zero-order chi connectivity index (χ0) is 28.9. The molecular formula is C30H35FN4O5. The van der Waals surface area contributed by atoms with E-state index in [4.69, 9.17) is 9.72 Å². The van der Waals surface area contributed by atoms with Gasteiger partial charge in [0, 0.05) is 22.6 Å². The van der Waals surface area contributed by atoms with Gasteiger partial charge in [0.15, 0.2) is 5.60 Å². The van der Waals surface area contributed by atoms with Gasteiger partial charge >= 0.3 is 5.97 Å². The summed E-state index contributed by atoms with van der Waals surface area (Å²) in [7, 11) is 0. The number of carbonyl (C=O) groups excluding carboxylic acids is 2. The highest BCUT2D eigenvalue weighted by atomic mass is 19.1. The number of hydrogen-bond donors (Lipinski definition) is 3. The molecule has 3 aromatic rings. The van der Waals surface area contributed by atoms with Gasteiger partial charge in [-0.05, 0) is 55.5 Å². The molecule has 0 saturated carbocycles. The number of nitrogens with zero attached hydrogens (tertiary/aromatic N) is 2. The summed E-state index contributed by atoms with van der Waals surface area (Å²) in [5.41, 5.74) is 2.61. The van der Waals surface area contributed by atoms with Crippen molar-refractivity contribution >= 4 is 22.8 Å². The number of aliphatic hydroxyl groups is 1. The first-order chi connectivity index (χ1) is 19.2. The van der Waals surface area contributed by atoms with E-state index in [0.717, 1.165) is 22.1 Å². The number of aromatic nitrogens is 2. The molecule has 0 spiro atoms. The molecule has 40 heavy (non-hydrogen) atoms. The Bertz CT molecular complexity index is 1610. The standard InChI is InChI=1S/C28H29FN4O5.C2H6/c1-4-28(37)17-8-21-25-15(11-33(21)26(35)16(17)12-38-27(28)36)24-19(31-22(34)10-30-5-2)7-6-14-13(3)18(29)9-20(32-25)23(14)24;1-2/h8-9,19,30,37H,4-7,10-12H2,1-3H3,(H,31,34);1-2H3. The van der Waals surface area contributed by atoms with Crippen LogP contribution in [-0.2, 0) is 39.5 Å². The molecule has 0 fully saturated rings. The molecule has 1 amide bonds. The number of rotatable bonds is 5. The number of fused-ring (bicyclic) bond motifs is 5. The number of hydrogen-bond acceptors (Lipinski definition) is 7. The number of likely N-dealkylation sites (N-methyl/N-ethyl adjacent to an activating group) is 1. The predicted octanol–water partition coefficient (Wildman–Crippen LogP) is 3.27. The molecule has 1 aliphatic carbocycles. The van der Waals surface area contributed by atoms with E-state index in [1.165, 1.54) is 6.07 Å². The Morgan fingerprint density at radius 1 is 1.23 bits per heavy atom. The number of cyclic esters (lactones) is 1. The smallest absolute Gasteiger partial charge is 0.343 e. The van der Waals surface area contributed by atoms with Crippen molar-refractivity contribution < 1.29 is 23.8 Å². The molecule has 2 unspecified atom stereocenters. The van der Waals surface area contributed by atoms with Gasteiger partial charge in [0.05, 0.1) is 41.6 Å². The third-order valence-corrected chi connectivity index (χ3v) is 8.25. The number of amides is 1. The maximum Gasteiger partial charge on any atom is 0.343 e. The average molecular weight is 551 g/mol. The Kier molecular flexibility index (Phi) is 7.26. The SMILES string of the molecule is CC.CCNCC(=O)NC1CCc2c(C)c(F)cc3nc4c(c1c23)Cn1c-4cc2c(c1=O)COC(=O)C2(O)CC. The summed E-state index contributed by atoms with van der Waals surface area (Å²) in [6.45, 7) is 10.2. The van der Waals surface area contributed by atoms with Crippen molar-refractivity contribution in [2.75, 3.05) is 13.1 Å². The Balaban J connectivity index is 0.00000158. The highest BCUT2D eigenvalue weighted by molar-refractivity contribution is 5.94. The summed E-state index contributed by atoms with van der Waals surface area (Å²) < 4.78 is 21.7. The molecular weight excluding hydrogens is 515 g/mol. The monoisotopic (exact) mass is 550 g/mol. The van der Waals surface area contributed by atoms with Crippen LogP contribution in [0.3, 0.4) is 0 Å². The first-order valence-corrected chi connectivity index (χ1v) is 14.0. The fraction of sp³-hybridized carbons (Fsp3) is 0.467. The molecule has 3 N–H and O–H groups in total. The van der Waals surface area contributed by atoms with Gasteiger partial charge < -0.3 is 25.0 Å². The molecule has 3 aliphatic rings. The lowest BCUT2D eigenvalue weighted by molar-refractivity contribution is -0.172. The first kappa shape index (κ1) is 27.9.